The molecule has 0 aliphatic carbocycles. The number of methoxy groups -OCH3 is 3. The monoisotopic (exact) mass is 393 g/mol. The lowest BCUT2D eigenvalue weighted by molar-refractivity contribution is -0.128. The molecule has 0 heterocycles. The van der Waals surface area contributed by atoms with Crippen LogP contribution in [0.4, 0.5) is 0 Å². The van der Waals surface area contributed by atoms with Crippen LogP contribution in [-0.2, 0) is 11.3 Å². The van der Waals surface area contributed by atoms with Crippen LogP contribution in [0.25, 0.3) is 0 Å². The van der Waals surface area contributed by atoms with Crippen LogP contribution < -0.4 is 24.3 Å². The van der Waals surface area contributed by atoms with Gasteiger partial charge in [0.2, 0.25) is 5.75 Å². The summed E-state index contributed by atoms with van der Waals surface area (Å²) in [5, 5.41) is 3.49. The van der Waals surface area contributed by atoms with Gasteiger partial charge in [-0.05, 0) is 42.8 Å². The fourth-order valence-corrected chi connectivity index (χ4v) is 2.72. The number of ether oxygens (including phenoxy) is 4. The van der Waals surface area contributed by atoms with Crippen molar-refractivity contribution in [2.75, 3.05) is 21.3 Å². The van der Waals surface area contributed by atoms with Gasteiger partial charge < -0.3 is 24.3 Å². The molecule has 146 valence electrons. The summed E-state index contributed by atoms with van der Waals surface area (Å²) in [6.45, 7) is 2.15. The van der Waals surface area contributed by atoms with Crippen LogP contribution in [0, 0.1) is 0 Å². The van der Waals surface area contributed by atoms with Gasteiger partial charge in [-0.25, -0.2) is 0 Å². The van der Waals surface area contributed by atoms with Crippen LogP contribution in [-0.4, -0.2) is 33.3 Å². The molecule has 0 aromatic heterocycles. The standard InChI is InChI=1S/C20H24ClNO5/c1-5-16(27-15-9-7-14(21)8-10-15)20(23)22-12-13-6-11-17(24-2)19(26-4)18(13)25-3/h6-11,16H,5,12H2,1-4H3,(H,22,23)/t16-/m1/s1. The van der Waals surface area contributed by atoms with Crippen LogP contribution in [0.1, 0.15) is 18.9 Å². The number of rotatable bonds is 9. The van der Waals surface area contributed by atoms with Crippen molar-refractivity contribution in [1.82, 2.24) is 5.32 Å². The third-order valence-electron chi connectivity index (χ3n) is 3.99. The van der Waals surface area contributed by atoms with Gasteiger partial charge in [-0.1, -0.05) is 18.5 Å². The molecule has 2 rings (SSSR count). The first-order valence-corrected chi connectivity index (χ1v) is 8.89. The molecular weight excluding hydrogens is 370 g/mol. The molecule has 1 amide bonds. The van der Waals surface area contributed by atoms with Gasteiger partial charge in [0, 0.05) is 17.1 Å². The fraction of sp³-hybridized carbons (Fsp3) is 0.350. The normalized spacial score (nSPS) is 11.4. The highest BCUT2D eigenvalue weighted by Crippen LogP contribution is 2.39. The Morgan fingerprint density at radius 3 is 2.22 bits per heavy atom. The van der Waals surface area contributed by atoms with Crippen molar-refractivity contribution in [3.05, 3.63) is 47.0 Å². The Morgan fingerprint density at radius 2 is 1.67 bits per heavy atom. The number of hydrogen-bond acceptors (Lipinski definition) is 5. The Morgan fingerprint density at radius 1 is 1.00 bits per heavy atom. The zero-order valence-electron chi connectivity index (χ0n) is 15.9. The van der Waals surface area contributed by atoms with Crippen molar-refractivity contribution >= 4 is 17.5 Å². The third kappa shape index (κ3) is 5.20. The molecule has 0 aliphatic rings. The van der Waals surface area contributed by atoms with Crippen LogP contribution in [0.5, 0.6) is 23.0 Å². The molecule has 0 saturated heterocycles. The van der Waals surface area contributed by atoms with Crippen molar-refractivity contribution in [3.8, 4) is 23.0 Å². The van der Waals surface area contributed by atoms with E-state index in [1.54, 1.807) is 44.6 Å². The second kappa shape index (κ2) is 9.92. The SMILES string of the molecule is CC[C@@H](Oc1ccc(Cl)cc1)C(=O)NCc1ccc(OC)c(OC)c1OC. The van der Waals surface area contributed by atoms with Crippen LogP contribution in [0.15, 0.2) is 36.4 Å². The predicted octanol–water partition coefficient (Wildman–Crippen LogP) is 3.84. The van der Waals surface area contributed by atoms with E-state index in [0.29, 0.717) is 34.4 Å². The maximum Gasteiger partial charge on any atom is 0.261 e. The quantitative estimate of drug-likeness (QED) is 0.701. The fourth-order valence-electron chi connectivity index (χ4n) is 2.60. The minimum atomic E-state index is -0.614. The Labute approximate surface area is 164 Å². The van der Waals surface area contributed by atoms with Gasteiger partial charge in [0.05, 0.1) is 21.3 Å². The summed E-state index contributed by atoms with van der Waals surface area (Å²) in [7, 11) is 4.63. The molecule has 2 aromatic rings. The zero-order valence-corrected chi connectivity index (χ0v) is 16.6. The van der Waals surface area contributed by atoms with Gasteiger partial charge in [-0.15, -0.1) is 0 Å². The van der Waals surface area contributed by atoms with Gasteiger partial charge in [0.15, 0.2) is 17.6 Å². The van der Waals surface area contributed by atoms with E-state index in [1.165, 1.54) is 7.11 Å². The number of carbonyl (C=O) groups is 1. The molecule has 1 atom stereocenters. The maximum absolute atomic E-state index is 12.5. The average Bonchev–Trinajstić information content (AvgIpc) is 2.70. The van der Waals surface area contributed by atoms with Crippen molar-refractivity contribution in [3.63, 3.8) is 0 Å². The highest BCUT2D eigenvalue weighted by atomic mass is 35.5. The highest BCUT2D eigenvalue weighted by Gasteiger charge is 2.20. The number of halogens is 1. The minimum absolute atomic E-state index is 0.218. The second-order valence-electron chi connectivity index (χ2n) is 5.68. The van der Waals surface area contributed by atoms with E-state index in [4.69, 9.17) is 30.5 Å². The molecule has 0 unspecified atom stereocenters. The summed E-state index contributed by atoms with van der Waals surface area (Å²) in [5.41, 5.74) is 0.768. The first kappa shape index (κ1) is 20.7. The lowest BCUT2D eigenvalue weighted by Crippen LogP contribution is -2.37. The number of nitrogens with one attached hydrogen (secondary N) is 1. The molecule has 0 saturated carbocycles. The first-order valence-electron chi connectivity index (χ1n) is 8.51. The maximum atomic E-state index is 12.5. The molecule has 1 N–H and O–H groups in total. The summed E-state index contributed by atoms with van der Waals surface area (Å²) < 4.78 is 21.8. The van der Waals surface area contributed by atoms with Gasteiger partial charge in [-0.3, -0.25) is 4.79 Å². The Balaban J connectivity index is 2.08. The van der Waals surface area contributed by atoms with Gasteiger partial charge in [0.1, 0.15) is 5.75 Å². The minimum Gasteiger partial charge on any atom is -0.493 e. The third-order valence-corrected chi connectivity index (χ3v) is 4.25. The molecule has 0 fully saturated rings. The Kier molecular flexibility index (Phi) is 7.61. The molecule has 0 spiro atoms. The van der Waals surface area contributed by atoms with E-state index in [-0.39, 0.29) is 12.5 Å². The van der Waals surface area contributed by atoms with E-state index >= 15 is 0 Å². The number of carbonyl (C=O) groups excluding carboxylic acids is 1. The predicted molar refractivity (Wildman–Crippen MR) is 104 cm³/mol. The first-order chi connectivity index (χ1) is 13.0. The molecule has 27 heavy (non-hydrogen) atoms. The molecule has 7 heteroatoms. The highest BCUT2D eigenvalue weighted by molar-refractivity contribution is 6.30. The van der Waals surface area contributed by atoms with Crippen molar-refractivity contribution < 1.29 is 23.7 Å². The Hall–Kier alpha value is -2.60. The van der Waals surface area contributed by atoms with Crippen LogP contribution in [0.2, 0.25) is 5.02 Å². The zero-order chi connectivity index (χ0) is 19.8. The summed E-state index contributed by atoms with van der Waals surface area (Å²) in [6.07, 6.45) is -0.0883. The summed E-state index contributed by atoms with van der Waals surface area (Å²) in [6, 6.07) is 10.5. The van der Waals surface area contributed by atoms with Crippen molar-refractivity contribution in [2.24, 2.45) is 0 Å². The van der Waals surface area contributed by atoms with Crippen LogP contribution in [0.3, 0.4) is 0 Å². The molecule has 0 radical (unpaired) electrons. The van der Waals surface area contributed by atoms with E-state index in [0.717, 1.165) is 5.56 Å². The topological polar surface area (TPSA) is 66.0 Å². The molecular formula is C20H24ClNO5. The average molecular weight is 394 g/mol. The number of hydrogen-bond donors (Lipinski definition) is 1. The number of benzene rings is 2. The molecule has 2 aromatic carbocycles. The second-order valence-corrected chi connectivity index (χ2v) is 6.12. The van der Waals surface area contributed by atoms with E-state index in [1.807, 2.05) is 13.0 Å². The van der Waals surface area contributed by atoms with Crippen molar-refractivity contribution in [1.29, 1.82) is 0 Å². The van der Waals surface area contributed by atoms with E-state index in [2.05, 4.69) is 5.32 Å². The summed E-state index contributed by atoms with van der Waals surface area (Å²) in [5.74, 6) is 1.93. The number of amides is 1. The van der Waals surface area contributed by atoms with Gasteiger partial charge in [-0.2, -0.15) is 0 Å². The van der Waals surface area contributed by atoms with E-state index in [9.17, 15) is 4.79 Å². The summed E-state index contributed by atoms with van der Waals surface area (Å²) in [4.78, 5) is 12.5. The molecule has 6 nitrogen and oxygen atoms in total. The lowest BCUT2D eigenvalue weighted by atomic mass is 10.1. The van der Waals surface area contributed by atoms with E-state index < -0.39 is 6.10 Å². The lowest BCUT2D eigenvalue weighted by Gasteiger charge is -2.19. The largest absolute Gasteiger partial charge is 0.493 e. The molecule has 0 bridgehead atoms. The molecule has 0 aliphatic heterocycles. The smallest absolute Gasteiger partial charge is 0.261 e. The van der Waals surface area contributed by atoms with Crippen LogP contribution >= 0.6 is 11.6 Å². The van der Waals surface area contributed by atoms with Crippen molar-refractivity contribution in [2.45, 2.75) is 26.0 Å². The summed E-state index contributed by atoms with van der Waals surface area (Å²) >= 11 is 5.87. The Bertz CT molecular complexity index is 764. The van der Waals surface area contributed by atoms with Gasteiger partial charge in [0.25, 0.3) is 5.91 Å². The van der Waals surface area contributed by atoms with Gasteiger partial charge >= 0.3 is 0 Å².